The van der Waals surface area contributed by atoms with Crippen molar-refractivity contribution in [2.45, 2.75) is 38.7 Å². The van der Waals surface area contributed by atoms with Gasteiger partial charge < -0.3 is 15.2 Å². The minimum Gasteiger partial charge on any atom is -0.489 e. The molecule has 0 spiro atoms. The fourth-order valence-corrected chi connectivity index (χ4v) is 2.02. The van der Waals surface area contributed by atoms with Gasteiger partial charge in [0.1, 0.15) is 12.4 Å². The molecule has 3 nitrogen and oxygen atoms in total. The van der Waals surface area contributed by atoms with E-state index in [0.29, 0.717) is 18.2 Å². The molecule has 3 heteroatoms. The van der Waals surface area contributed by atoms with Gasteiger partial charge in [-0.1, -0.05) is 19.9 Å². The lowest BCUT2D eigenvalue weighted by atomic mass is 10.0. The fourth-order valence-electron chi connectivity index (χ4n) is 2.02. The number of rotatable bonds is 4. The lowest BCUT2D eigenvalue weighted by Gasteiger charge is -2.14. The van der Waals surface area contributed by atoms with Gasteiger partial charge >= 0.3 is 0 Å². The molecule has 2 N–H and O–H groups in total. The molecule has 2 rings (SSSR count). The van der Waals surface area contributed by atoms with Crippen LogP contribution in [0.2, 0.25) is 0 Å². The van der Waals surface area contributed by atoms with Gasteiger partial charge in [0.05, 0.1) is 11.8 Å². The van der Waals surface area contributed by atoms with E-state index in [2.05, 4.69) is 19.9 Å². The first-order valence-electron chi connectivity index (χ1n) is 6.30. The zero-order valence-corrected chi connectivity index (χ0v) is 10.6. The Kier molecular flexibility index (Phi) is 3.89. The van der Waals surface area contributed by atoms with Crippen LogP contribution in [0, 0.1) is 0 Å². The number of hydrogen-bond donors (Lipinski definition) is 1. The SMILES string of the molecule is CC(C)c1ccc(OCC2CCCO2)c(N)c1. The quantitative estimate of drug-likeness (QED) is 0.816. The van der Waals surface area contributed by atoms with Gasteiger partial charge in [-0.05, 0) is 36.5 Å². The van der Waals surface area contributed by atoms with Gasteiger partial charge in [-0.3, -0.25) is 0 Å². The maximum atomic E-state index is 5.98. The topological polar surface area (TPSA) is 44.5 Å². The number of nitrogen functional groups attached to an aromatic ring is 1. The van der Waals surface area contributed by atoms with Crippen LogP contribution in [0.5, 0.6) is 5.75 Å². The van der Waals surface area contributed by atoms with Crippen LogP contribution in [-0.4, -0.2) is 19.3 Å². The summed E-state index contributed by atoms with van der Waals surface area (Å²) in [5, 5.41) is 0. The summed E-state index contributed by atoms with van der Waals surface area (Å²) >= 11 is 0. The lowest BCUT2D eigenvalue weighted by molar-refractivity contribution is 0.0682. The highest BCUT2D eigenvalue weighted by molar-refractivity contribution is 5.54. The van der Waals surface area contributed by atoms with E-state index in [1.165, 1.54) is 5.56 Å². The molecule has 1 aromatic rings. The van der Waals surface area contributed by atoms with E-state index >= 15 is 0 Å². The summed E-state index contributed by atoms with van der Waals surface area (Å²) in [5.74, 6) is 1.26. The second-order valence-electron chi connectivity index (χ2n) is 4.90. The van der Waals surface area contributed by atoms with E-state index in [4.69, 9.17) is 15.2 Å². The van der Waals surface area contributed by atoms with E-state index in [1.807, 2.05) is 12.1 Å². The third kappa shape index (κ3) is 3.13. The van der Waals surface area contributed by atoms with E-state index in [-0.39, 0.29) is 6.10 Å². The predicted octanol–water partition coefficient (Wildman–Crippen LogP) is 2.95. The third-order valence-electron chi connectivity index (χ3n) is 3.15. The molecule has 0 bridgehead atoms. The Morgan fingerprint density at radius 2 is 2.29 bits per heavy atom. The Morgan fingerprint density at radius 3 is 2.88 bits per heavy atom. The van der Waals surface area contributed by atoms with Crippen molar-refractivity contribution in [2.24, 2.45) is 0 Å². The molecule has 1 saturated heterocycles. The summed E-state index contributed by atoms with van der Waals surface area (Å²) in [4.78, 5) is 0. The summed E-state index contributed by atoms with van der Waals surface area (Å²) in [6.07, 6.45) is 2.46. The Labute approximate surface area is 103 Å². The first-order valence-corrected chi connectivity index (χ1v) is 6.30. The molecule has 1 aliphatic heterocycles. The second kappa shape index (κ2) is 5.41. The highest BCUT2D eigenvalue weighted by Crippen LogP contribution is 2.27. The second-order valence-corrected chi connectivity index (χ2v) is 4.90. The summed E-state index contributed by atoms with van der Waals surface area (Å²) < 4.78 is 11.2. The van der Waals surface area contributed by atoms with Crippen molar-refractivity contribution in [3.63, 3.8) is 0 Å². The van der Waals surface area contributed by atoms with Crippen LogP contribution in [-0.2, 0) is 4.74 Å². The summed E-state index contributed by atoms with van der Waals surface area (Å²) in [6.45, 7) is 5.77. The van der Waals surface area contributed by atoms with Gasteiger partial charge in [0.25, 0.3) is 0 Å². The molecule has 1 aliphatic rings. The Morgan fingerprint density at radius 1 is 1.47 bits per heavy atom. The number of nitrogens with two attached hydrogens (primary N) is 1. The molecule has 0 aromatic heterocycles. The minimum absolute atomic E-state index is 0.235. The van der Waals surface area contributed by atoms with Crippen molar-refractivity contribution < 1.29 is 9.47 Å². The average Bonchev–Trinajstić information content (AvgIpc) is 2.80. The average molecular weight is 235 g/mol. The molecule has 1 heterocycles. The predicted molar refractivity (Wildman–Crippen MR) is 69.4 cm³/mol. The molecule has 0 saturated carbocycles. The first kappa shape index (κ1) is 12.2. The Balaban J connectivity index is 1.96. The molecule has 17 heavy (non-hydrogen) atoms. The fraction of sp³-hybridized carbons (Fsp3) is 0.571. The Bertz CT molecular complexity index is 370. The van der Waals surface area contributed by atoms with Crippen molar-refractivity contribution in [3.05, 3.63) is 23.8 Å². The summed E-state index contributed by atoms with van der Waals surface area (Å²) in [7, 11) is 0. The van der Waals surface area contributed by atoms with Crippen molar-refractivity contribution in [3.8, 4) is 5.75 Å². The standard InChI is InChI=1S/C14H21NO2/c1-10(2)11-5-6-14(13(15)8-11)17-9-12-4-3-7-16-12/h5-6,8,10,12H,3-4,7,9,15H2,1-2H3. The molecular formula is C14H21NO2. The number of anilines is 1. The highest BCUT2D eigenvalue weighted by Gasteiger charge is 2.16. The van der Waals surface area contributed by atoms with Gasteiger partial charge in [0, 0.05) is 6.61 Å². The zero-order chi connectivity index (χ0) is 12.3. The minimum atomic E-state index is 0.235. The number of hydrogen-bond acceptors (Lipinski definition) is 3. The van der Waals surface area contributed by atoms with Gasteiger partial charge in [-0.2, -0.15) is 0 Å². The molecule has 0 radical (unpaired) electrons. The number of benzene rings is 1. The molecule has 94 valence electrons. The molecule has 1 aromatic carbocycles. The van der Waals surface area contributed by atoms with Crippen LogP contribution in [0.15, 0.2) is 18.2 Å². The molecule has 0 amide bonds. The van der Waals surface area contributed by atoms with Crippen LogP contribution in [0.25, 0.3) is 0 Å². The summed E-state index contributed by atoms with van der Waals surface area (Å²) in [6, 6.07) is 6.03. The van der Waals surface area contributed by atoms with Gasteiger partial charge in [0.15, 0.2) is 0 Å². The van der Waals surface area contributed by atoms with Crippen molar-refractivity contribution in [1.82, 2.24) is 0 Å². The smallest absolute Gasteiger partial charge is 0.142 e. The van der Waals surface area contributed by atoms with Gasteiger partial charge in [0.2, 0.25) is 0 Å². The largest absolute Gasteiger partial charge is 0.489 e. The maximum Gasteiger partial charge on any atom is 0.142 e. The number of ether oxygens (including phenoxy) is 2. The van der Waals surface area contributed by atoms with Crippen LogP contribution >= 0.6 is 0 Å². The van der Waals surface area contributed by atoms with Crippen molar-refractivity contribution in [1.29, 1.82) is 0 Å². The van der Waals surface area contributed by atoms with Gasteiger partial charge in [-0.25, -0.2) is 0 Å². The van der Waals surface area contributed by atoms with E-state index in [1.54, 1.807) is 0 Å². The highest BCUT2D eigenvalue weighted by atomic mass is 16.5. The normalized spacial score (nSPS) is 19.8. The van der Waals surface area contributed by atoms with E-state index < -0.39 is 0 Å². The molecular weight excluding hydrogens is 214 g/mol. The van der Waals surface area contributed by atoms with Crippen molar-refractivity contribution >= 4 is 5.69 Å². The molecule has 1 atom stereocenters. The van der Waals surface area contributed by atoms with Crippen LogP contribution in [0.4, 0.5) is 5.69 Å². The summed E-state index contributed by atoms with van der Waals surface area (Å²) in [5.41, 5.74) is 7.94. The first-order chi connectivity index (χ1) is 8.16. The Hall–Kier alpha value is -1.22. The van der Waals surface area contributed by atoms with Crippen LogP contribution < -0.4 is 10.5 Å². The van der Waals surface area contributed by atoms with Crippen molar-refractivity contribution in [2.75, 3.05) is 18.9 Å². The van der Waals surface area contributed by atoms with Crippen LogP contribution in [0.1, 0.15) is 38.2 Å². The van der Waals surface area contributed by atoms with Gasteiger partial charge in [-0.15, -0.1) is 0 Å². The zero-order valence-electron chi connectivity index (χ0n) is 10.6. The monoisotopic (exact) mass is 235 g/mol. The molecule has 1 unspecified atom stereocenters. The lowest BCUT2D eigenvalue weighted by Crippen LogP contribution is -2.16. The maximum absolute atomic E-state index is 5.98. The molecule has 1 fully saturated rings. The third-order valence-corrected chi connectivity index (χ3v) is 3.15. The van der Waals surface area contributed by atoms with Crippen LogP contribution in [0.3, 0.4) is 0 Å². The van der Waals surface area contributed by atoms with E-state index in [0.717, 1.165) is 25.2 Å². The molecule has 0 aliphatic carbocycles. The van der Waals surface area contributed by atoms with E-state index in [9.17, 15) is 0 Å².